The molecule has 0 fully saturated rings. The molecule has 19 heavy (non-hydrogen) atoms. The minimum absolute atomic E-state index is 0.253. The molecule has 0 heterocycles. The van der Waals surface area contributed by atoms with Crippen LogP contribution < -0.4 is 5.32 Å². The summed E-state index contributed by atoms with van der Waals surface area (Å²) in [7, 11) is 1.33. The Morgan fingerprint density at radius 2 is 1.95 bits per heavy atom. The molecule has 1 atom stereocenters. The second-order valence-electron chi connectivity index (χ2n) is 4.20. The van der Waals surface area contributed by atoms with Crippen LogP contribution in [0.25, 0.3) is 0 Å². The van der Waals surface area contributed by atoms with Crippen molar-refractivity contribution in [3.63, 3.8) is 0 Å². The molecule has 0 aliphatic carbocycles. The summed E-state index contributed by atoms with van der Waals surface area (Å²) < 4.78 is 4.70. The summed E-state index contributed by atoms with van der Waals surface area (Å²) in [4.78, 5) is 23.6. The highest BCUT2D eigenvalue weighted by molar-refractivity contribution is 7.98. The number of benzene rings is 1. The molecule has 1 amide bonds. The summed E-state index contributed by atoms with van der Waals surface area (Å²) in [6.45, 7) is 1.96. The van der Waals surface area contributed by atoms with Gasteiger partial charge >= 0.3 is 5.97 Å². The van der Waals surface area contributed by atoms with Crippen LogP contribution in [-0.4, -0.2) is 37.0 Å². The van der Waals surface area contributed by atoms with Gasteiger partial charge in [-0.2, -0.15) is 11.8 Å². The number of aryl methyl sites for hydroxylation is 1. The van der Waals surface area contributed by atoms with Crippen molar-refractivity contribution in [1.82, 2.24) is 5.32 Å². The monoisotopic (exact) mass is 281 g/mol. The topological polar surface area (TPSA) is 55.4 Å². The number of thioether (sulfide) groups is 1. The number of carbonyl (C=O) groups excluding carboxylic acids is 2. The number of rotatable bonds is 6. The molecule has 0 spiro atoms. The van der Waals surface area contributed by atoms with Crippen LogP contribution >= 0.6 is 11.8 Å². The summed E-state index contributed by atoms with van der Waals surface area (Å²) in [5.74, 6) is 0.125. The maximum absolute atomic E-state index is 12.0. The molecule has 0 bridgehead atoms. The first-order chi connectivity index (χ1) is 9.08. The SMILES string of the molecule is COC(=O)[C@@H](CCSC)NC(=O)c1ccc(C)cc1. The van der Waals surface area contributed by atoms with Crippen molar-refractivity contribution in [1.29, 1.82) is 0 Å². The predicted octanol–water partition coefficient (Wildman–Crippen LogP) is 2.02. The fourth-order valence-corrected chi connectivity index (χ4v) is 2.04. The smallest absolute Gasteiger partial charge is 0.328 e. The van der Waals surface area contributed by atoms with Crippen molar-refractivity contribution < 1.29 is 14.3 Å². The van der Waals surface area contributed by atoms with Gasteiger partial charge in [-0.05, 0) is 37.5 Å². The molecule has 0 unspecified atom stereocenters. The van der Waals surface area contributed by atoms with E-state index in [0.29, 0.717) is 12.0 Å². The van der Waals surface area contributed by atoms with Gasteiger partial charge in [-0.3, -0.25) is 4.79 Å². The Morgan fingerprint density at radius 1 is 1.32 bits per heavy atom. The minimum atomic E-state index is -0.591. The van der Waals surface area contributed by atoms with E-state index in [9.17, 15) is 9.59 Å². The van der Waals surface area contributed by atoms with Crippen molar-refractivity contribution in [3.8, 4) is 0 Å². The summed E-state index contributed by atoms with van der Waals surface area (Å²) in [6.07, 6.45) is 2.52. The molecular weight excluding hydrogens is 262 g/mol. The molecule has 1 aromatic rings. The molecule has 0 saturated heterocycles. The number of ether oxygens (including phenoxy) is 1. The lowest BCUT2D eigenvalue weighted by molar-refractivity contribution is -0.142. The molecule has 0 aromatic heterocycles. The van der Waals surface area contributed by atoms with E-state index in [1.807, 2.05) is 25.3 Å². The van der Waals surface area contributed by atoms with E-state index in [-0.39, 0.29) is 5.91 Å². The van der Waals surface area contributed by atoms with Gasteiger partial charge in [0, 0.05) is 5.56 Å². The Labute approximate surface area is 117 Å². The van der Waals surface area contributed by atoms with Crippen LogP contribution in [0.5, 0.6) is 0 Å². The van der Waals surface area contributed by atoms with Gasteiger partial charge in [-0.1, -0.05) is 17.7 Å². The first-order valence-corrected chi connectivity index (χ1v) is 7.42. The van der Waals surface area contributed by atoms with Gasteiger partial charge in [0.2, 0.25) is 0 Å². The van der Waals surface area contributed by atoms with Crippen molar-refractivity contribution in [2.75, 3.05) is 19.1 Å². The Morgan fingerprint density at radius 3 is 2.47 bits per heavy atom. The van der Waals surface area contributed by atoms with Crippen LogP contribution in [-0.2, 0) is 9.53 Å². The fourth-order valence-electron chi connectivity index (χ4n) is 1.57. The van der Waals surface area contributed by atoms with E-state index in [0.717, 1.165) is 11.3 Å². The van der Waals surface area contributed by atoms with Gasteiger partial charge in [0.05, 0.1) is 7.11 Å². The quantitative estimate of drug-likeness (QED) is 0.811. The van der Waals surface area contributed by atoms with Crippen LogP contribution in [0.3, 0.4) is 0 Å². The average Bonchev–Trinajstić information content (AvgIpc) is 2.43. The van der Waals surface area contributed by atoms with Crippen LogP contribution in [0.4, 0.5) is 0 Å². The highest BCUT2D eigenvalue weighted by Crippen LogP contribution is 2.06. The van der Waals surface area contributed by atoms with Crippen molar-refractivity contribution >= 4 is 23.6 Å². The normalized spacial score (nSPS) is 11.7. The molecule has 1 aromatic carbocycles. The lowest BCUT2D eigenvalue weighted by atomic mass is 10.1. The van der Waals surface area contributed by atoms with Crippen molar-refractivity contribution in [2.24, 2.45) is 0 Å². The molecular formula is C14H19NO3S. The summed E-state index contributed by atoms with van der Waals surface area (Å²) in [6, 6.07) is 6.63. The maximum Gasteiger partial charge on any atom is 0.328 e. The van der Waals surface area contributed by atoms with Crippen LogP contribution in [0.1, 0.15) is 22.3 Å². The van der Waals surface area contributed by atoms with Gasteiger partial charge in [-0.25, -0.2) is 4.79 Å². The number of methoxy groups -OCH3 is 1. The van der Waals surface area contributed by atoms with Crippen LogP contribution in [0.15, 0.2) is 24.3 Å². The van der Waals surface area contributed by atoms with Gasteiger partial charge < -0.3 is 10.1 Å². The summed E-state index contributed by atoms with van der Waals surface area (Å²) >= 11 is 1.62. The number of hydrogen-bond acceptors (Lipinski definition) is 4. The zero-order valence-corrected chi connectivity index (χ0v) is 12.3. The third-order valence-corrected chi connectivity index (χ3v) is 3.36. The standard InChI is InChI=1S/C14H19NO3S/c1-10-4-6-11(7-5-10)13(16)15-12(8-9-19-3)14(17)18-2/h4-7,12H,8-9H2,1-3H3,(H,15,16)/t12-/m1/s1. The number of carbonyl (C=O) groups is 2. The van der Waals surface area contributed by atoms with Gasteiger partial charge in [0.25, 0.3) is 5.91 Å². The summed E-state index contributed by atoms with van der Waals surface area (Å²) in [5, 5.41) is 2.71. The van der Waals surface area contributed by atoms with Crippen LogP contribution in [0, 0.1) is 6.92 Å². The Bertz CT molecular complexity index is 431. The zero-order chi connectivity index (χ0) is 14.3. The van der Waals surface area contributed by atoms with E-state index >= 15 is 0 Å². The molecule has 1 rings (SSSR count). The molecule has 1 N–H and O–H groups in total. The molecule has 5 heteroatoms. The second-order valence-corrected chi connectivity index (χ2v) is 5.18. The van der Waals surface area contributed by atoms with Crippen molar-refractivity contribution in [3.05, 3.63) is 35.4 Å². The Balaban J connectivity index is 2.69. The lowest BCUT2D eigenvalue weighted by Crippen LogP contribution is -2.41. The van der Waals surface area contributed by atoms with E-state index in [4.69, 9.17) is 4.74 Å². The van der Waals surface area contributed by atoms with E-state index < -0.39 is 12.0 Å². The minimum Gasteiger partial charge on any atom is -0.467 e. The van der Waals surface area contributed by atoms with Crippen LogP contribution in [0.2, 0.25) is 0 Å². The van der Waals surface area contributed by atoms with Gasteiger partial charge in [0.1, 0.15) is 6.04 Å². The number of esters is 1. The number of hydrogen-bond donors (Lipinski definition) is 1. The highest BCUT2D eigenvalue weighted by Gasteiger charge is 2.21. The third-order valence-electron chi connectivity index (χ3n) is 2.72. The molecule has 0 radical (unpaired) electrons. The molecule has 104 valence electrons. The number of amides is 1. The summed E-state index contributed by atoms with van der Waals surface area (Å²) in [5.41, 5.74) is 1.63. The maximum atomic E-state index is 12.0. The van der Waals surface area contributed by atoms with Gasteiger partial charge in [0.15, 0.2) is 0 Å². The Kier molecular flexibility index (Phi) is 6.42. The lowest BCUT2D eigenvalue weighted by Gasteiger charge is -2.16. The molecule has 4 nitrogen and oxygen atoms in total. The predicted molar refractivity (Wildman–Crippen MR) is 77.4 cm³/mol. The highest BCUT2D eigenvalue weighted by atomic mass is 32.2. The zero-order valence-electron chi connectivity index (χ0n) is 11.4. The Hall–Kier alpha value is -1.49. The molecule has 0 aliphatic heterocycles. The van der Waals surface area contributed by atoms with E-state index in [2.05, 4.69) is 5.32 Å². The fraction of sp³-hybridized carbons (Fsp3) is 0.429. The van der Waals surface area contributed by atoms with Gasteiger partial charge in [-0.15, -0.1) is 0 Å². The first kappa shape index (κ1) is 15.6. The largest absolute Gasteiger partial charge is 0.467 e. The van der Waals surface area contributed by atoms with E-state index in [1.54, 1.807) is 23.9 Å². The first-order valence-electron chi connectivity index (χ1n) is 6.02. The number of nitrogens with one attached hydrogen (secondary N) is 1. The third kappa shape index (κ3) is 4.95. The molecule has 0 aliphatic rings. The average molecular weight is 281 g/mol. The van der Waals surface area contributed by atoms with E-state index in [1.165, 1.54) is 7.11 Å². The molecule has 0 saturated carbocycles. The van der Waals surface area contributed by atoms with Crippen molar-refractivity contribution in [2.45, 2.75) is 19.4 Å². The second kappa shape index (κ2) is 7.84.